The molecule has 6 nitrogen and oxygen atoms in total. The summed E-state index contributed by atoms with van der Waals surface area (Å²) in [6, 6.07) is 8.60. The molecular formula is C18H24N2O4S. The first-order chi connectivity index (χ1) is 12.0. The molecule has 7 heteroatoms. The SMILES string of the molecule is COc1ccc(S(=O)(=O)NCC(c2ccco2)N2CCCC2)c(C)c1. The molecule has 1 aromatic carbocycles. The van der Waals surface area contributed by atoms with Crippen molar-refractivity contribution in [2.45, 2.75) is 30.7 Å². The lowest BCUT2D eigenvalue weighted by molar-refractivity contribution is 0.216. The van der Waals surface area contributed by atoms with Crippen LogP contribution in [0.5, 0.6) is 5.75 Å². The highest BCUT2D eigenvalue weighted by molar-refractivity contribution is 7.89. The van der Waals surface area contributed by atoms with E-state index in [1.165, 1.54) is 0 Å². The summed E-state index contributed by atoms with van der Waals surface area (Å²) < 4.78 is 38.9. The number of likely N-dealkylation sites (tertiary alicyclic amines) is 1. The van der Waals surface area contributed by atoms with E-state index < -0.39 is 10.0 Å². The van der Waals surface area contributed by atoms with Gasteiger partial charge in [-0.2, -0.15) is 0 Å². The zero-order valence-electron chi connectivity index (χ0n) is 14.6. The van der Waals surface area contributed by atoms with Gasteiger partial charge in [0.1, 0.15) is 11.5 Å². The van der Waals surface area contributed by atoms with Crippen molar-refractivity contribution in [3.8, 4) is 5.75 Å². The van der Waals surface area contributed by atoms with Crippen LogP contribution in [0.4, 0.5) is 0 Å². The summed E-state index contributed by atoms with van der Waals surface area (Å²) in [6.07, 6.45) is 3.88. The van der Waals surface area contributed by atoms with Gasteiger partial charge in [-0.25, -0.2) is 13.1 Å². The number of ether oxygens (including phenoxy) is 1. The number of nitrogens with zero attached hydrogens (tertiary/aromatic N) is 1. The van der Waals surface area contributed by atoms with Crippen molar-refractivity contribution in [1.29, 1.82) is 0 Å². The maximum atomic E-state index is 12.7. The maximum absolute atomic E-state index is 12.7. The van der Waals surface area contributed by atoms with Gasteiger partial charge in [-0.15, -0.1) is 0 Å². The van der Waals surface area contributed by atoms with E-state index in [1.54, 1.807) is 38.5 Å². The van der Waals surface area contributed by atoms with E-state index >= 15 is 0 Å². The third kappa shape index (κ3) is 4.05. The van der Waals surface area contributed by atoms with Crippen LogP contribution in [0.1, 0.15) is 30.2 Å². The van der Waals surface area contributed by atoms with Gasteiger partial charge in [0, 0.05) is 6.54 Å². The number of hydrogen-bond donors (Lipinski definition) is 1. The Bertz CT molecular complexity index is 796. The number of hydrogen-bond acceptors (Lipinski definition) is 5. The summed E-state index contributed by atoms with van der Waals surface area (Å²) in [5, 5.41) is 0. The van der Waals surface area contributed by atoms with Gasteiger partial charge in [0.25, 0.3) is 0 Å². The number of benzene rings is 1. The van der Waals surface area contributed by atoms with Crippen LogP contribution in [-0.4, -0.2) is 40.1 Å². The molecule has 1 N–H and O–H groups in total. The highest BCUT2D eigenvalue weighted by Gasteiger charge is 2.27. The van der Waals surface area contributed by atoms with Crippen LogP contribution < -0.4 is 9.46 Å². The fourth-order valence-electron chi connectivity index (χ4n) is 3.26. The lowest BCUT2D eigenvalue weighted by atomic mass is 10.2. The Hall–Kier alpha value is -1.83. The van der Waals surface area contributed by atoms with Gasteiger partial charge < -0.3 is 9.15 Å². The largest absolute Gasteiger partial charge is 0.497 e. The second-order valence-corrected chi connectivity index (χ2v) is 7.99. The lowest BCUT2D eigenvalue weighted by Crippen LogP contribution is -2.36. The third-order valence-electron chi connectivity index (χ3n) is 4.59. The topological polar surface area (TPSA) is 71.8 Å². The predicted octanol–water partition coefficient (Wildman–Crippen LogP) is 2.71. The second kappa shape index (κ2) is 7.59. The second-order valence-electron chi connectivity index (χ2n) is 6.26. The Labute approximate surface area is 148 Å². The van der Waals surface area contributed by atoms with E-state index in [9.17, 15) is 8.42 Å². The number of sulfonamides is 1. The monoisotopic (exact) mass is 364 g/mol. The first-order valence-corrected chi connectivity index (χ1v) is 9.91. The van der Waals surface area contributed by atoms with Crippen molar-refractivity contribution in [3.05, 3.63) is 47.9 Å². The van der Waals surface area contributed by atoms with Gasteiger partial charge in [0.05, 0.1) is 24.3 Å². The normalized spacial score (nSPS) is 16.9. The average Bonchev–Trinajstić information content (AvgIpc) is 3.28. The summed E-state index contributed by atoms with van der Waals surface area (Å²) in [5.74, 6) is 1.43. The molecule has 1 aliphatic heterocycles. The minimum Gasteiger partial charge on any atom is -0.497 e. The van der Waals surface area contributed by atoms with Crippen molar-refractivity contribution in [1.82, 2.24) is 9.62 Å². The average molecular weight is 364 g/mol. The van der Waals surface area contributed by atoms with Crippen LogP contribution in [0.2, 0.25) is 0 Å². The minimum atomic E-state index is -3.61. The Morgan fingerprint density at radius 1 is 1.28 bits per heavy atom. The van der Waals surface area contributed by atoms with Gasteiger partial charge in [0.2, 0.25) is 10.0 Å². The molecule has 0 aliphatic carbocycles. The zero-order chi connectivity index (χ0) is 17.9. The van der Waals surface area contributed by atoms with E-state index in [0.29, 0.717) is 11.3 Å². The van der Waals surface area contributed by atoms with Gasteiger partial charge in [0.15, 0.2) is 0 Å². The highest BCUT2D eigenvalue weighted by Crippen LogP contribution is 2.26. The first kappa shape index (κ1) is 18.0. The molecule has 1 unspecified atom stereocenters. The quantitative estimate of drug-likeness (QED) is 0.818. The standard InChI is InChI=1S/C18H24N2O4S/c1-14-12-15(23-2)7-8-18(14)25(21,22)19-13-16(17-6-5-11-24-17)20-9-3-4-10-20/h5-8,11-12,16,19H,3-4,9-10,13H2,1-2H3. The van der Waals surface area contributed by atoms with Crippen LogP contribution in [0.25, 0.3) is 0 Å². The highest BCUT2D eigenvalue weighted by atomic mass is 32.2. The molecule has 25 heavy (non-hydrogen) atoms. The summed E-state index contributed by atoms with van der Waals surface area (Å²) in [5.41, 5.74) is 0.655. The molecule has 1 saturated heterocycles. The number of rotatable bonds is 7. The molecule has 1 atom stereocenters. The summed E-state index contributed by atoms with van der Waals surface area (Å²) in [6.45, 7) is 3.95. The van der Waals surface area contributed by atoms with Gasteiger partial charge in [-0.05, 0) is 68.8 Å². The minimum absolute atomic E-state index is 0.0918. The van der Waals surface area contributed by atoms with E-state index in [-0.39, 0.29) is 17.5 Å². The van der Waals surface area contributed by atoms with E-state index in [2.05, 4.69) is 9.62 Å². The van der Waals surface area contributed by atoms with Crippen LogP contribution in [-0.2, 0) is 10.0 Å². The van der Waals surface area contributed by atoms with Crippen LogP contribution in [0, 0.1) is 6.92 Å². The van der Waals surface area contributed by atoms with Crippen molar-refractivity contribution in [2.75, 3.05) is 26.7 Å². The molecule has 2 aromatic rings. The van der Waals surface area contributed by atoms with Crippen molar-refractivity contribution < 1.29 is 17.6 Å². The molecule has 1 aromatic heterocycles. The molecule has 0 saturated carbocycles. The Morgan fingerprint density at radius 3 is 2.64 bits per heavy atom. The smallest absolute Gasteiger partial charge is 0.240 e. The third-order valence-corrected chi connectivity index (χ3v) is 6.18. The lowest BCUT2D eigenvalue weighted by Gasteiger charge is -2.26. The van der Waals surface area contributed by atoms with Crippen molar-refractivity contribution >= 4 is 10.0 Å². The predicted molar refractivity (Wildman–Crippen MR) is 95.2 cm³/mol. The number of methoxy groups -OCH3 is 1. The Kier molecular flexibility index (Phi) is 5.46. The molecule has 1 aliphatic rings. The Morgan fingerprint density at radius 2 is 2.04 bits per heavy atom. The van der Waals surface area contributed by atoms with Crippen molar-refractivity contribution in [2.24, 2.45) is 0 Å². The number of aryl methyl sites for hydroxylation is 1. The summed E-state index contributed by atoms with van der Waals surface area (Å²) in [7, 11) is -2.04. The molecule has 2 heterocycles. The fourth-order valence-corrected chi connectivity index (χ4v) is 4.52. The van der Waals surface area contributed by atoms with Crippen LogP contribution >= 0.6 is 0 Å². The van der Waals surface area contributed by atoms with Crippen LogP contribution in [0.15, 0.2) is 45.9 Å². The number of nitrogens with one attached hydrogen (secondary N) is 1. The van der Waals surface area contributed by atoms with E-state index in [0.717, 1.165) is 31.7 Å². The summed E-state index contributed by atoms with van der Waals surface area (Å²) in [4.78, 5) is 2.54. The Balaban J connectivity index is 1.77. The zero-order valence-corrected chi connectivity index (χ0v) is 15.4. The molecule has 1 fully saturated rings. The number of furan rings is 1. The van der Waals surface area contributed by atoms with E-state index in [4.69, 9.17) is 9.15 Å². The van der Waals surface area contributed by atoms with Gasteiger partial charge >= 0.3 is 0 Å². The molecule has 3 rings (SSSR count). The first-order valence-electron chi connectivity index (χ1n) is 8.43. The fraction of sp³-hybridized carbons (Fsp3) is 0.444. The molecule has 0 bridgehead atoms. The van der Waals surface area contributed by atoms with Crippen molar-refractivity contribution in [3.63, 3.8) is 0 Å². The molecule has 136 valence electrons. The maximum Gasteiger partial charge on any atom is 0.240 e. The van der Waals surface area contributed by atoms with Gasteiger partial charge in [-0.1, -0.05) is 0 Å². The molecule has 0 spiro atoms. The van der Waals surface area contributed by atoms with E-state index in [1.807, 2.05) is 12.1 Å². The van der Waals surface area contributed by atoms with Gasteiger partial charge in [-0.3, -0.25) is 4.90 Å². The van der Waals surface area contributed by atoms with Crippen LogP contribution in [0.3, 0.4) is 0 Å². The molecular weight excluding hydrogens is 340 g/mol. The molecule has 0 amide bonds. The summed E-state index contributed by atoms with van der Waals surface area (Å²) >= 11 is 0. The molecule has 0 radical (unpaired) electrons.